The molecule has 0 bridgehead atoms. The van der Waals surface area contributed by atoms with Crippen molar-refractivity contribution in [3.63, 3.8) is 0 Å². The molecular weight excluding hydrogens is 875 g/mol. The minimum absolute atomic E-state index is 0.0204. The molecule has 1 amide bonds. The Hall–Kier alpha value is -1.14. The van der Waals surface area contributed by atoms with E-state index in [0.717, 1.165) is 38.5 Å². The third-order valence-corrected chi connectivity index (χ3v) is 15.7. The number of aliphatic hydroxyl groups excluding tert-OH is 2. The van der Waals surface area contributed by atoms with E-state index in [2.05, 4.69) is 19.2 Å². The van der Waals surface area contributed by atoms with E-state index >= 15 is 0 Å². The number of unbranched alkanes of at least 4 members (excludes halogenated alkanes) is 51. The van der Waals surface area contributed by atoms with Crippen molar-refractivity contribution >= 4 is 11.9 Å². The van der Waals surface area contributed by atoms with Gasteiger partial charge in [0.2, 0.25) is 5.91 Å². The average Bonchev–Trinajstić information content (AvgIpc) is 3.37. The summed E-state index contributed by atoms with van der Waals surface area (Å²) in [6, 6.07) is -0.538. The molecule has 0 aliphatic heterocycles. The Bertz CT molecular complexity index is 1020. The first-order valence-electron chi connectivity index (χ1n) is 32.8. The van der Waals surface area contributed by atoms with Gasteiger partial charge in [-0.15, -0.1) is 0 Å². The van der Waals surface area contributed by atoms with Gasteiger partial charge in [-0.2, -0.15) is 0 Å². The molecule has 0 radical (unpaired) electrons. The van der Waals surface area contributed by atoms with E-state index in [9.17, 15) is 19.8 Å². The number of hydrogen-bond acceptors (Lipinski definition) is 5. The van der Waals surface area contributed by atoms with Crippen molar-refractivity contribution in [1.82, 2.24) is 5.32 Å². The van der Waals surface area contributed by atoms with Crippen molar-refractivity contribution in [1.29, 1.82) is 0 Å². The second kappa shape index (κ2) is 61.4. The van der Waals surface area contributed by atoms with E-state index in [1.54, 1.807) is 0 Å². The molecule has 0 aromatic rings. The molecule has 0 spiro atoms. The fourth-order valence-corrected chi connectivity index (χ4v) is 10.6. The van der Waals surface area contributed by atoms with Crippen molar-refractivity contribution in [2.24, 2.45) is 0 Å². The smallest absolute Gasteiger partial charge is 0.305 e. The van der Waals surface area contributed by atoms with Gasteiger partial charge in [0.1, 0.15) is 0 Å². The lowest BCUT2D eigenvalue weighted by molar-refractivity contribution is -0.143. The predicted molar refractivity (Wildman–Crippen MR) is 310 cm³/mol. The van der Waals surface area contributed by atoms with Crippen LogP contribution in [0.4, 0.5) is 0 Å². The second-order valence-corrected chi connectivity index (χ2v) is 22.8. The highest BCUT2D eigenvalue weighted by Crippen LogP contribution is 2.19. The lowest BCUT2D eigenvalue weighted by Gasteiger charge is -2.22. The maximum absolute atomic E-state index is 12.5. The third kappa shape index (κ3) is 58.0. The highest BCUT2D eigenvalue weighted by molar-refractivity contribution is 5.76. The van der Waals surface area contributed by atoms with Gasteiger partial charge in [0.25, 0.3) is 0 Å². The summed E-state index contributed by atoms with van der Waals surface area (Å²) in [5, 5.41) is 23.3. The maximum atomic E-state index is 12.5. The van der Waals surface area contributed by atoms with Crippen LogP contribution < -0.4 is 5.32 Å². The zero-order valence-corrected chi connectivity index (χ0v) is 48.5. The number of carbonyl (C=O) groups is 2. The van der Waals surface area contributed by atoms with Crippen molar-refractivity contribution in [2.75, 3.05) is 13.2 Å². The van der Waals surface area contributed by atoms with Gasteiger partial charge >= 0.3 is 5.97 Å². The van der Waals surface area contributed by atoms with Crippen LogP contribution in [0.25, 0.3) is 0 Å². The molecule has 0 aliphatic carbocycles. The van der Waals surface area contributed by atoms with Crippen LogP contribution in [0.5, 0.6) is 0 Å². The van der Waals surface area contributed by atoms with E-state index in [4.69, 9.17) is 4.74 Å². The largest absolute Gasteiger partial charge is 0.466 e. The lowest BCUT2D eigenvalue weighted by Crippen LogP contribution is -2.45. The Labute approximate surface area is 445 Å². The molecule has 0 saturated carbocycles. The lowest BCUT2D eigenvalue weighted by atomic mass is 10.0. The van der Waals surface area contributed by atoms with E-state index < -0.39 is 12.1 Å². The van der Waals surface area contributed by atoms with Crippen LogP contribution in [0, 0.1) is 0 Å². The van der Waals surface area contributed by atoms with Crippen LogP contribution in [0.3, 0.4) is 0 Å². The molecule has 0 heterocycles. The van der Waals surface area contributed by atoms with Gasteiger partial charge in [0, 0.05) is 12.8 Å². The molecule has 0 rings (SSSR count). The zero-order valence-electron chi connectivity index (χ0n) is 48.5. The third-order valence-electron chi connectivity index (χ3n) is 15.7. The van der Waals surface area contributed by atoms with E-state index in [1.165, 1.54) is 308 Å². The molecule has 71 heavy (non-hydrogen) atoms. The average molecular weight is 1000 g/mol. The molecule has 2 atom stereocenters. The fourth-order valence-electron chi connectivity index (χ4n) is 10.6. The first-order chi connectivity index (χ1) is 35.0. The summed E-state index contributed by atoms with van der Waals surface area (Å²) in [5.74, 6) is -0.00985. The van der Waals surface area contributed by atoms with Crippen LogP contribution in [0.1, 0.15) is 380 Å². The summed E-state index contributed by atoms with van der Waals surface area (Å²) in [7, 11) is 0. The van der Waals surface area contributed by atoms with E-state index in [1.807, 2.05) is 0 Å². The SMILES string of the molecule is CCCCCCCCCCCCCCCCCC(=O)OCCCCCCCCCCCCCCCCCCCCCCCCCCCC(=O)NC(CO)C(O)CCCCCCCCCCCCCCCC. The topological polar surface area (TPSA) is 95.9 Å². The number of hydrogen-bond donors (Lipinski definition) is 3. The highest BCUT2D eigenvalue weighted by atomic mass is 16.5. The molecule has 0 fully saturated rings. The summed E-state index contributed by atoms with van der Waals surface area (Å²) in [5.41, 5.74) is 0. The number of amides is 1. The minimum atomic E-state index is -0.661. The van der Waals surface area contributed by atoms with Crippen LogP contribution in [-0.2, 0) is 14.3 Å². The zero-order chi connectivity index (χ0) is 51.4. The number of carbonyl (C=O) groups excluding carboxylic acids is 2. The number of esters is 1. The molecule has 3 N–H and O–H groups in total. The van der Waals surface area contributed by atoms with Gasteiger partial charge in [0.15, 0.2) is 0 Å². The summed E-state index contributed by atoms with van der Waals surface area (Å²) >= 11 is 0. The van der Waals surface area contributed by atoms with Gasteiger partial charge in [-0.05, 0) is 25.7 Å². The van der Waals surface area contributed by atoms with Crippen molar-refractivity contribution in [2.45, 2.75) is 392 Å². The second-order valence-electron chi connectivity index (χ2n) is 22.8. The van der Waals surface area contributed by atoms with Crippen LogP contribution >= 0.6 is 0 Å². The van der Waals surface area contributed by atoms with Gasteiger partial charge in [-0.3, -0.25) is 9.59 Å². The normalized spacial score (nSPS) is 12.5. The standard InChI is InChI=1S/C65H129NO5/c1-3-5-7-9-11-13-15-17-30-35-39-43-47-51-55-59-65(70)71-60-56-52-48-44-40-36-32-29-27-25-23-21-19-20-22-24-26-28-31-34-38-42-46-50-54-58-64(69)66-62(61-67)63(68)57-53-49-45-41-37-33-18-16-14-12-10-8-6-4-2/h62-63,67-68H,3-61H2,1-2H3,(H,66,69). The van der Waals surface area contributed by atoms with E-state index in [-0.39, 0.29) is 18.5 Å². The maximum Gasteiger partial charge on any atom is 0.305 e. The monoisotopic (exact) mass is 1000 g/mol. The van der Waals surface area contributed by atoms with Crippen LogP contribution in [0.2, 0.25) is 0 Å². The van der Waals surface area contributed by atoms with Gasteiger partial charge in [0.05, 0.1) is 25.4 Å². The Balaban J connectivity index is 3.33. The quantitative estimate of drug-likeness (QED) is 0.0417. The minimum Gasteiger partial charge on any atom is -0.466 e. The molecule has 0 aromatic heterocycles. The van der Waals surface area contributed by atoms with Gasteiger partial charge in [-0.1, -0.05) is 341 Å². The molecule has 6 nitrogen and oxygen atoms in total. The summed E-state index contributed by atoms with van der Waals surface area (Å²) in [6.07, 6.45) is 72.7. The van der Waals surface area contributed by atoms with Crippen LogP contribution in [-0.4, -0.2) is 47.4 Å². The summed E-state index contributed by atoms with van der Waals surface area (Å²) in [4.78, 5) is 24.6. The van der Waals surface area contributed by atoms with Crippen molar-refractivity contribution in [3.8, 4) is 0 Å². The molecule has 0 aromatic carbocycles. The Morgan fingerprint density at radius 2 is 0.577 bits per heavy atom. The first kappa shape index (κ1) is 69.9. The molecule has 6 heteroatoms. The Morgan fingerprint density at radius 3 is 0.859 bits per heavy atom. The number of aliphatic hydroxyl groups is 2. The van der Waals surface area contributed by atoms with Gasteiger partial charge < -0.3 is 20.3 Å². The predicted octanol–water partition coefficient (Wildman–Crippen LogP) is 20.6. The first-order valence-corrected chi connectivity index (χ1v) is 32.8. The molecule has 0 aliphatic rings. The highest BCUT2D eigenvalue weighted by Gasteiger charge is 2.20. The summed E-state index contributed by atoms with van der Waals surface area (Å²) in [6.45, 7) is 4.99. The van der Waals surface area contributed by atoms with E-state index in [0.29, 0.717) is 25.9 Å². The number of ether oxygens (including phenoxy) is 1. The van der Waals surface area contributed by atoms with Crippen LogP contribution in [0.15, 0.2) is 0 Å². The van der Waals surface area contributed by atoms with Crippen molar-refractivity contribution < 1.29 is 24.5 Å². The Morgan fingerprint density at radius 1 is 0.338 bits per heavy atom. The Kier molecular flexibility index (Phi) is 60.4. The summed E-state index contributed by atoms with van der Waals surface area (Å²) < 4.78 is 5.50. The molecule has 2 unspecified atom stereocenters. The fraction of sp³-hybridized carbons (Fsp3) is 0.969. The number of rotatable bonds is 62. The van der Waals surface area contributed by atoms with Crippen molar-refractivity contribution in [3.05, 3.63) is 0 Å². The molecule has 0 saturated heterocycles. The van der Waals surface area contributed by atoms with Gasteiger partial charge in [-0.25, -0.2) is 0 Å². The number of nitrogens with one attached hydrogen (secondary N) is 1. The molecule has 424 valence electrons. The molecular formula is C65H129NO5.